The Morgan fingerprint density at radius 3 is 1.88 bits per heavy atom. The van der Waals surface area contributed by atoms with E-state index in [-0.39, 0.29) is 10.8 Å². The number of likely N-dealkylation sites (tertiary alicyclic amines) is 2. The van der Waals surface area contributed by atoms with Crippen LogP contribution in [0.4, 0.5) is 0 Å². The maximum Gasteiger partial charge on any atom is 0.102 e. The van der Waals surface area contributed by atoms with Gasteiger partial charge in [0.25, 0.3) is 0 Å². The molecule has 0 amide bonds. The number of piperidine rings is 2. The van der Waals surface area contributed by atoms with Gasteiger partial charge in [0, 0.05) is 23.9 Å². The summed E-state index contributed by atoms with van der Waals surface area (Å²) in [6.45, 7) is 13.6. The van der Waals surface area contributed by atoms with Crippen molar-refractivity contribution in [3.63, 3.8) is 0 Å². The molecule has 3 nitrogen and oxygen atoms in total. The van der Waals surface area contributed by atoms with E-state index in [1.165, 1.54) is 64.9 Å². The van der Waals surface area contributed by atoms with Crippen molar-refractivity contribution in [3.05, 3.63) is 147 Å². The number of fused-ring (bicyclic) bond motifs is 2. The van der Waals surface area contributed by atoms with Gasteiger partial charge < -0.3 is 14.9 Å². The van der Waals surface area contributed by atoms with Gasteiger partial charge in [-0.15, -0.1) is 0 Å². The highest BCUT2D eigenvalue weighted by atomic mass is 16.3. The largest absolute Gasteiger partial charge is 0.384 e. The van der Waals surface area contributed by atoms with E-state index in [2.05, 4.69) is 149 Å². The van der Waals surface area contributed by atoms with Crippen LogP contribution < -0.4 is 0 Å². The molecule has 2 fully saturated rings. The first kappa shape index (κ1) is 34.0. The van der Waals surface area contributed by atoms with Crippen LogP contribution in [0.15, 0.2) is 103 Å². The van der Waals surface area contributed by atoms with Crippen molar-refractivity contribution in [2.45, 2.75) is 82.7 Å². The summed E-state index contributed by atoms with van der Waals surface area (Å²) in [6, 6.07) is 35.5. The van der Waals surface area contributed by atoms with Gasteiger partial charge in [-0.05, 0) is 124 Å². The Morgan fingerprint density at radius 2 is 1.20 bits per heavy atom. The van der Waals surface area contributed by atoms with E-state index in [1.54, 1.807) is 11.1 Å². The topological polar surface area (TPSA) is 26.7 Å². The number of hydrogen-bond donors (Lipinski definition) is 1. The lowest BCUT2D eigenvalue weighted by Crippen LogP contribution is -2.52. The van der Waals surface area contributed by atoms with Crippen LogP contribution in [0, 0.1) is 19.8 Å². The van der Waals surface area contributed by atoms with Crippen LogP contribution in [0.5, 0.6) is 0 Å². The number of nitrogens with zero attached hydrogens (tertiary/aromatic N) is 2. The van der Waals surface area contributed by atoms with E-state index >= 15 is 0 Å². The molecule has 3 atom stereocenters. The highest BCUT2D eigenvalue weighted by Crippen LogP contribution is 2.57. The summed E-state index contributed by atoms with van der Waals surface area (Å²) < 4.78 is 0. The first-order valence-electron chi connectivity index (χ1n) is 18.7. The molecule has 2 saturated heterocycles. The molecule has 0 radical (unpaired) electrons. The molecule has 256 valence electrons. The SMILES string of the molecule is Cc1cccc(C2(C)Cc3ccccc3C2(O)C2CCN(C)CC2)c1.Cc1cccc(C2(C)Cc3ccccc3C2=C2CCN(C)CC2)c1. The number of aliphatic hydroxyl groups is 1. The smallest absolute Gasteiger partial charge is 0.102 e. The van der Waals surface area contributed by atoms with Crippen LogP contribution in [0.1, 0.15) is 84.0 Å². The molecule has 8 rings (SSSR count). The lowest BCUT2D eigenvalue weighted by molar-refractivity contribution is -0.0949. The summed E-state index contributed by atoms with van der Waals surface area (Å²) in [5.41, 5.74) is 13.2. The molecular weight excluding hydrogens is 597 g/mol. The van der Waals surface area contributed by atoms with Gasteiger partial charge in [-0.25, -0.2) is 0 Å². The molecule has 0 saturated carbocycles. The standard InChI is InChI=1S/C23H29NO.C23H27N/c1-17-7-6-9-20(15-17)22(2)16-18-8-4-5-10-21(18)23(22,25)19-11-13-24(3)14-12-19;1-17-7-6-9-20(15-17)23(2)16-19-8-4-5-10-21(19)22(23)18-11-13-24(3)14-12-18/h4-10,15,19,25H,11-14,16H2,1-3H3;4-10,15H,11-14,16H2,1-3H3. The molecule has 4 aromatic carbocycles. The molecule has 49 heavy (non-hydrogen) atoms. The minimum absolute atomic E-state index is 0.112. The number of aryl methyl sites for hydroxylation is 2. The Bertz CT molecular complexity index is 1840. The van der Waals surface area contributed by atoms with Gasteiger partial charge in [0.2, 0.25) is 0 Å². The zero-order valence-corrected chi connectivity index (χ0v) is 30.7. The quantitative estimate of drug-likeness (QED) is 0.239. The average molecular weight is 653 g/mol. The number of rotatable bonds is 3. The Kier molecular flexibility index (Phi) is 9.24. The fourth-order valence-electron chi connectivity index (χ4n) is 9.90. The number of benzene rings is 4. The van der Waals surface area contributed by atoms with Crippen molar-refractivity contribution < 1.29 is 5.11 Å². The monoisotopic (exact) mass is 652 g/mol. The molecule has 0 aromatic heterocycles. The van der Waals surface area contributed by atoms with E-state index in [0.717, 1.165) is 44.3 Å². The normalized spacial score (nSPS) is 27.4. The van der Waals surface area contributed by atoms with Gasteiger partial charge in [0.15, 0.2) is 0 Å². The summed E-state index contributed by atoms with van der Waals surface area (Å²) in [4.78, 5) is 4.83. The molecule has 0 bridgehead atoms. The Labute approximate surface area is 295 Å². The predicted octanol–water partition coefficient (Wildman–Crippen LogP) is 9.03. The second kappa shape index (κ2) is 13.3. The maximum atomic E-state index is 12.3. The van der Waals surface area contributed by atoms with E-state index < -0.39 is 5.60 Å². The lowest BCUT2D eigenvalue weighted by Gasteiger charge is -2.48. The zero-order chi connectivity index (χ0) is 34.4. The van der Waals surface area contributed by atoms with Crippen molar-refractivity contribution in [1.29, 1.82) is 0 Å². The summed E-state index contributed by atoms with van der Waals surface area (Å²) >= 11 is 0. The van der Waals surface area contributed by atoms with Crippen molar-refractivity contribution in [2.75, 3.05) is 40.3 Å². The van der Waals surface area contributed by atoms with Crippen molar-refractivity contribution >= 4 is 5.57 Å². The second-order valence-corrected chi connectivity index (χ2v) is 16.2. The van der Waals surface area contributed by atoms with Gasteiger partial charge in [-0.1, -0.05) is 128 Å². The van der Waals surface area contributed by atoms with E-state index in [4.69, 9.17) is 0 Å². The number of hydrogen-bond acceptors (Lipinski definition) is 3. The van der Waals surface area contributed by atoms with Gasteiger partial charge in [0.1, 0.15) is 5.60 Å². The lowest BCUT2D eigenvalue weighted by atomic mass is 9.61. The summed E-state index contributed by atoms with van der Waals surface area (Å²) in [7, 11) is 4.42. The van der Waals surface area contributed by atoms with Crippen LogP contribution in [0.25, 0.3) is 5.57 Å². The Hall–Kier alpha value is -3.50. The minimum Gasteiger partial charge on any atom is -0.384 e. The van der Waals surface area contributed by atoms with Crippen LogP contribution in [-0.4, -0.2) is 55.2 Å². The molecule has 3 unspecified atom stereocenters. The van der Waals surface area contributed by atoms with Gasteiger partial charge in [-0.3, -0.25) is 0 Å². The summed E-state index contributed by atoms with van der Waals surface area (Å²) in [6.07, 6.45) is 6.57. The molecule has 2 heterocycles. The summed E-state index contributed by atoms with van der Waals surface area (Å²) in [5, 5.41) is 12.3. The first-order chi connectivity index (χ1) is 23.5. The van der Waals surface area contributed by atoms with E-state index in [1.807, 2.05) is 0 Å². The molecule has 3 heteroatoms. The molecular formula is C46H56N2O. The maximum absolute atomic E-state index is 12.3. The van der Waals surface area contributed by atoms with Crippen LogP contribution in [-0.2, 0) is 29.3 Å². The van der Waals surface area contributed by atoms with Gasteiger partial charge in [-0.2, -0.15) is 0 Å². The van der Waals surface area contributed by atoms with Crippen LogP contribution in [0.3, 0.4) is 0 Å². The highest BCUT2D eigenvalue weighted by Gasteiger charge is 2.58. The van der Waals surface area contributed by atoms with Crippen LogP contribution >= 0.6 is 0 Å². The molecule has 4 aromatic rings. The molecule has 1 N–H and O–H groups in total. The third kappa shape index (κ3) is 6.03. The summed E-state index contributed by atoms with van der Waals surface area (Å²) in [5.74, 6) is 0.304. The Morgan fingerprint density at radius 1 is 0.633 bits per heavy atom. The third-order valence-corrected chi connectivity index (χ3v) is 12.8. The van der Waals surface area contributed by atoms with Crippen molar-refractivity contribution in [1.82, 2.24) is 9.80 Å². The van der Waals surface area contributed by atoms with Gasteiger partial charge >= 0.3 is 0 Å². The molecule has 2 aliphatic carbocycles. The molecule has 4 aliphatic rings. The average Bonchev–Trinajstić information content (AvgIpc) is 3.54. The minimum atomic E-state index is -0.793. The van der Waals surface area contributed by atoms with E-state index in [0.29, 0.717) is 5.92 Å². The second-order valence-electron chi connectivity index (χ2n) is 16.2. The highest BCUT2D eigenvalue weighted by molar-refractivity contribution is 5.84. The van der Waals surface area contributed by atoms with E-state index in [9.17, 15) is 5.11 Å². The fourth-order valence-corrected chi connectivity index (χ4v) is 9.90. The van der Waals surface area contributed by atoms with Gasteiger partial charge in [0.05, 0.1) is 0 Å². The van der Waals surface area contributed by atoms with Crippen molar-refractivity contribution in [2.24, 2.45) is 5.92 Å². The third-order valence-electron chi connectivity index (χ3n) is 12.8. The molecule has 2 aliphatic heterocycles. The zero-order valence-electron chi connectivity index (χ0n) is 30.7. The predicted molar refractivity (Wildman–Crippen MR) is 205 cm³/mol. The van der Waals surface area contributed by atoms with Crippen molar-refractivity contribution in [3.8, 4) is 0 Å². The Balaban J connectivity index is 0.000000154. The first-order valence-corrected chi connectivity index (χ1v) is 18.7. The fraction of sp³-hybridized carbons (Fsp3) is 0.435. The number of allylic oxidation sites excluding steroid dienone is 1. The molecule has 0 spiro atoms. The van der Waals surface area contributed by atoms with Crippen LogP contribution in [0.2, 0.25) is 0 Å².